The standard InChI is InChI=1S/C39H33N3O6S/c1-2-48-34-22-10-9-17-28(34)24-33(42-36(43)27-15-7-4-8-16-27)37(44)40-31-20-12-21-32(25-31)49-35(26-13-5-3-6-14-26)38(45)41-30-19-11-18-29(23-30)39(46)47/h3-25,35H,2H2,1H3,(H,40,44)(H,41,45)(H,42,43)(H,46,47)/b33-24+. The molecule has 0 fully saturated rings. The summed E-state index contributed by atoms with van der Waals surface area (Å²) in [6.07, 6.45) is 1.56. The van der Waals surface area contributed by atoms with Gasteiger partial charge in [-0.1, -0.05) is 78.9 Å². The van der Waals surface area contributed by atoms with Crippen molar-refractivity contribution in [3.05, 3.63) is 161 Å². The lowest BCUT2D eigenvalue weighted by molar-refractivity contribution is -0.116. The normalized spacial score (nSPS) is 11.6. The summed E-state index contributed by atoms with van der Waals surface area (Å²) in [4.78, 5) is 52.6. The Labute approximate surface area is 288 Å². The summed E-state index contributed by atoms with van der Waals surface area (Å²) < 4.78 is 5.74. The molecule has 0 aromatic heterocycles. The number of benzene rings is 5. The second-order valence-electron chi connectivity index (χ2n) is 10.6. The van der Waals surface area contributed by atoms with Crippen molar-refractivity contribution in [3.63, 3.8) is 0 Å². The predicted molar refractivity (Wildman–Crippen MR) is 192 cm³/mol. The third-order valence-corrected chi connectivity index (χ3v) is 8.36. The first-order valence-electron chi connectivity index (χ1n) is 15.4. The van der Waals surface area contributed by atoms with Gasteiger partial charge >= 0.3 is 5.97 Å². The fraction of sp³-hybridized carbons (Fsp3) is 0.0769. The van der Waals surface area contributed by atoms with Gasteiger partial charge in [0.05, 0.1) is 12.2 Å². The number of aromatic carboxylic acids is 1. The number of carbonyl (C=O) groups is 4. The molecule has 0 saturated heterocycles. The smallest absolute Gasteiger partial charge is 0.335 e. The molecule has 9 nitrogen and oxygen atoms in total. The quantitative estimate of drug-likeness (QED) is 0.0746. The van der Waals surface area contributed by atoms with Crippen molar-refractivity contribution in [1.29, 1.82) is 0 Å². The van der Waals surface area contributed by atoms with Crippen molar-refractivity contribution in [2.75, 3.05) is 17.2 Å². The molecule has 49 heavy (non-hydrogen) atoms. The maximum absolute atomic E-state index is 13.7. The number of thioether (sulfide) groups is 1. The number of rotatable bonds is 13. The number of carboxylic acids is 1. The average molecular weight is 672 g/mol. The van der Waals surface area contributed by atoms with Crippen LogP contribution in [0.3, 0.4) is 0 Å². The topological polar surface area (TPSA) is 134 Å². The fourth-order valence-electron chi connectivity index (χ4n) is 4.80. The lowest BCUT2D eigenvalue weighted by Crippen LogP contribution is -2.30. The van der Waals surface area contributed by atoms with Crippen LogP contribution in [0.2, 0.25) is 0 Å². The second kappa shape index (κ2) is 16.6. The maximum Gasteiger partial charge on any atom is 0.335 e. The maximum atomic E-state index is 13.7. The molecule has 5 aromatic carbocycles. The van der Waals surface area contributed by atoms with Gasteiger partial charge in [0.1, 0.15) is 16.7 Å². The van der Waals surface area contributed by atoms with Crippen molar-refractivity contribution in [3.8, 4) is 5.75 Å². The molecule has 0 aliphatic heterocycles. The summed E-state index contributed by atoms with van der Waals surface area (Å²) in [5.41, 5.74) is 2.58. The zero-order valence-corrected chi connectivity index (χ0v) is 27.3. The Morgan fingerprint density at radius 3 is 2.08 bits per heavy atom. The Morgan fingerprint density at radius 2 is 1.37 bits per heavy atom. The molecule has 5 rings (SSSR count). The lowest BCUT2D eigenvalue weighted by atomic mass is 10.1. The molecule has 3 amide bonds. The van der Waals surface area contributed by atoms with E-state index in [1.54, 1.807) is 78.9 Å². The van der Waals surface area contributed by atoms with Crippen molar-refractivity contribution in [1.82, 2.24) is 5.32 Å². The van der Waals surface area contributed by atoms with Gasteiger partial charge in [-0.2, -0.15) is 0 Å². The number of anilines is 2. The Hall–Kier alpha value is -6.13. The molecule has 0 saturated carbocycles. The van der Waals surface area contributed by atoms with Crippen molar-refractivity contribution < 1.29 is 29.0 Å². The minimum Gasteiger partial charge on any atom is -0.493 e. The number of hydrogen-bond acceptors (Lipinski definition) is 6. The molecule has 246 valence electrons. The highest BCUT2D eigenvalue weighted by Crippen LogP contribution is 2.37. The van der Waals surface area contributed by atoms with E-state index in [9.17, 15) is 24.3 Å². The molecule has 4 N–H and O–H groups in total. The number of hydrogen-bond donors (Lipinski definition) is 4. The first-order valence-corrected chi connectivity index (χ1v) is 16.3. The van der Waals surface area contributed by atoms with Gasteiger partial charge < -0.3 is 25.8 Å². The zero-order chi connectivity index (χ0) is 34.6. The van der Waals surface area contributed by atoms with Crippen LogP contribution in [0.25, 0.3) is 6.08 Å². The van der Waals surface area contributed by atoms with E-state index >= 15 is 0 Å². The van der Waals surface area contributed by atoms with Gasteiger partial charge in [-0.3, -0.25) is 14.4 Å². The first kappa shape index (κ1) is 34.2. The van der Waals surface area contributed by atoms with Crippen LogP contribution in [-0.2, 0) is 9.59 Å². The molecule has 10 heteroatoms. The molecule has 1 unspecified atom stereocenters. The molecule has 0 spiro atoms. The largest absolute Gasteiger partial charge is 0.493 e. The van der Waals surface area contributed by atoms with Crippen LogP contribution in [0.4, 0.5) is 11.4 Å². The summed E-state index contributed by atoms with van der Waals surface area (Å²) in [5, 5.41) is 17.1. The van der Waals surface area contributed by atoms with Crippen LogP contribution in [-0.4, -0.2) is 35.4 Å². The van der Waals surface area contributed by atoms with Crippen molar-refractivity contribution in [2.45, 2.75) is 17.1 Å². The molecule has 0 aliphatic carbocycles. The second-order valence-corrected chi connectivity index (χ2v) is 11.8. The van der Waals surface area contributed by atoms with E-state index in [-0.39, 0.29) is 17.2 Å². The monoisotopic (exact) mass is 671 g/mol. The Bertz CT molecular complexity index is 1980. The summed E-state index contributed by atoms with van der Waals surface area (Å²) in [5.74, 6) is -1.91. The van der Waals surface area contributed by atoms with Gasteiger partial charge in [0.2, 0.25) is 5.91 Å². The van der Waals surface area contributed by atoms with Crippen LogP contribution < -0.4 is 20.7 Å². The molecule has 0 heterocycles. The Balaban J connectivity index is 1.40. The molecular formula is C39H33N3O6S. The first-order chi connectivity index (χ1) is 23.8. The highest BCUT2D eigenvalue weighted by molar-refractivity contribution is 8.00. The Kier molecular flexibility index (Phi) is 11.6. The third kappa shape index (κ3) is 9.46. The number of ether oxygens (including phenoxy) is 1. The van der Waals surface area contributed by atoms with E-state index < -0.39 is 23.0 Å². The minimum atomic E-state index is -1.10. The van der Waals surface area contributed by atoms with Gasteiger partial charge in [0.15, 0.2) is 0 Å². The average Bonchev–Trinajstić information content (AvgIpc) is 3.12. The van der Waals surface area contributed by atoms with Crippen molar-refractivity contribution in [2.24, 2.45) is 0 Å². The predicted octanol–water partition coefficient (Wildman–Crippen LogP) is 7.67. The minimum absolute atomic E-state index is 0.00388. The Morgan fingerprint density at radius 1 is 0.735 bits per heavy atom. The van der Waals surface area contributed by atoms with Crippen LogP contribution >= 0.6 is 11.8 Å². The molecule has 5 aromatic rings. The number of carboxylic acid groups (broad SMARTS) is 1. The summed E-state index contributed by atoms with van der Waals surface area (Å²) in [6, 6.07) is 38.0. The van der Waals surface area contributed by atoms with Gasteiger partial charge in [-0.05, 0) is 73.2 Å². The van der Waals surface area contributed by atoms with Crippen LogP contribution in [0, 0.1) is 0 Å². The summed E-state index contributed by atoms with van der Waals surface area (Å²) in [6.45, 7) is 2.28. The van der Waals surface area contributed by atoms with E-state index in [0.717, 1.165) is 5.56 Å². The van der Waals surface area contributed by atoms with Gasteiger partial charge in [0.25, 0.3) is 11.8 Å². The van der Waals surface area contributed by atoms with Crippen LogP contribution in [0.1, 0.15) is 44.0 Å². The van der Waals surface area contributed by atoms with Gasteiger partial charge in [0, 0.05) is 27.4 Å². The van der Waals surface area contributed by atoms with E-state index in [1.807, 2.05) is 55.5 Å². The van der Waals surface area contributed by atoms with E-state index in [2.05, 4.69) is 16.0 Å². The molecule has 1 atom stereocenters. The van der Waals surface area contributed by atoms with Crippen LogP contribution in [0.15, 0.2) is 144 Å². The molecule has 0 aliphatic rings. The van der Waals surface area contributed by atoms with Crippen molar-refractivity contribution >= 4 is 52.9 Å². The number of amides is 3. The highest BCUT2D eigenvalue weighted by Gasteiger charge is 2.23. The molecular weight excluding hydrogens is 639 g/mol. The van der Waals surface area contributed by atoms with E-state index in [0.29, 0.717) is 39.8 Å². The third-order valence-electron chi connectivity index (χ3n) is 7.11. The van der Waals surface area contributed by atoms with Crippen LogP contribution in [0.5, 0.6) is 5.75 Å². The zero-order valence-electron chi connectivity index (χ0n) is 26.5. The number of para-hydroxylation sites is 1. The van der Waals surface area contributed by atoms with Gasteiger partial charge in [-0.25, -0.2) is 4.79 Å². The summed E-state index contributed by atoms with van der Waals surface area (Å²) in [7, 11) is 0. The van der Waals surface area contributed by atoms with Gasteiger partial charge in [-0.15, -0.1) is 11.8 Å². The van der Waals surface area contributed by atoms with E-state index in [4.69, 9.17) is 4.74 Å². The molecule has 0 radical (unpaired) electrons. The lowest BCUT2D eigenvalue weighted by Gasteiger charge is -2.18. The summed E-state index contributed by atoms with van der Waals surface area (Å²) >= 11 is 1.27. The van der Waals surface area contributed by atoms with E-state index in [1.165, 1.54) is 23.9 Å². The number of carbonyl (C=O) groups excluding carboxylic acids is 3. The SMILES string of the molecule is CCOc1ccccc1/C=C(/NC(=O)c1ccccc1)C(=O)Nc1cccc(SC(C(=O)Nc2cccc(C(=O)O)c2)c2ccccc2)c1. The fourth-order valence-corrected chi connectivity index (χ4v) is 5.89. The number of nitrogens with one attached hydrogen (secondary N) is 3. The molecule has 0 bridgehead atoms. The highest BCUT2D eigenvalue weighted by atomic mass is 32.2.